The molecule has 156 valence electrons. The normalized spacial score (nSPS) is 22.0. The molecule has 2 aromatic heterocycles. The van der Waals surface area contributed by atoms with Crippen LogP contribution in [0.15, 0.2) is 23.5 Å². The summed E-state index contributed by atoms with van der Waals surface area (Å²) >= 11 is 0. The number of rotatable bonds is 6. The van der Waals surface area contributed by atoms with E-state index in [9.17, 15) is 14.4 Å². The molecule has 2 N–H and O–H groups in total. The Morgan fingerprint density at radius 1 is 1.24 bits per heavy atom. The van der Waals surface area contributed by atoms with Crippen molar-refractivity contribution in [1.29, 1.82) is 0 Å². The van der Waals surface area contributed by atoms with Crippen LogP contribution in [0.4, 0.5) is 0 Å². The summed E-state index contributed by atoms with van der Waals surface area (Å²) in [5.74, 6) is 0.524. The fraction of sp³-hybridized carbons (Fsp3) is 0.600. The van der Waals surface area contributed by atoms with E-state index < -0.39 is 0 Å². The zero-order valence-electron chi connectivity index (χ0n) is 16.8. The lowest BCUT2D eigenvalue weighted by Crippen LogP contribution is -2.57. The first-order valence-electron chi connectivity index (χ1n) is 10.3. The molecule has 2 fully saturated rings. The SMILES string of the molecule is Cc1[nH][nH]c(=O)c1CC(=O)N1CC[C@@H]2[C@@H](CCC(=O)N2CCCn2ccnc2)C1. The number of imidazole rings is 1. The van der Waals surface area contributed by atoms with Crippen molar-refractivity contribution in [3.8, 4) is 0 Å². The number of hydrogen-bond acceptors (Lipinski definition) is 4. The smallest absolute Gasteiger partial charge is 0.267 e. The first kappa shape index (κ1) is 19.5. The van der Waals surface area contributed by atoms with Gasteiger partial charge in [-0.3, -0.25) is 19.5 Å². The molecule has 2 atom stereocenters. The highest BCUT2D eigenvalue weighted by atomic mass is 16.2. The summed E-state index contributed by atoms with van der Waals surface area (Å²) in [5, 5.41) is 5.30. The molecule has 0 aliphatic carbocycles. The van der Waals surface area contributed by atoms with Crippen molar-refractivity contribution in [3.63, 3.8) is 0 Å². The maximum Gasteiger partial charge on any atom is 0.267 e. The summed E-state index contributed by atoms with van der Waals surface area (Å²) in [5.41, 5.74) is 1.00. The van der Waals surface area contributed by atoms with Gasteiger partial charge in [-0.25, -0.2) is 4.98 Å². The van der Waals surface area contributed by atoms with Crippen LogP contribution in [-0.4, -0.2) is 67.0 Å². The van der Waals surface area contributed by atoms with Crippen LogP contribution in [0, 0.1) is 12.8 Å². The van der Waals surface area contributed by atoms with E-state index in [2.05, 4.69) is 15.2 Å². The number of aryl methyl sites for hydroxylation is 2. The highest BCUT2D eigenvalue weighted by Gasteiger charge is 2.40. The lowest BCUT2D eigenvalue weighted by molar-refractivity contribution is -0.144. The van der Waals surface area contributed by atoms with E-state index in [0.717, 1.165) is 32.4 Å². The molecule has 2 aliphatic rings. The van der Waals surface area contributed by atoms with Gasteiger partial charge < -0.3 is 19.5 Å². The van der Waals surface area contributed by atoms with E-state index in [1.807, 2.05) is 20.6 Å². The highest BCUT2D eigenvalue weighted by Crippen LogP contribution is 2.31. The maximum atomic E-state index is 12.8. The lowest BCUT2D eigenvalue weighted by Gasteiger charge is -2.47. The van der Waals surface area contributed by atoms with Crippen molar-refractivity contribution in [2.45, 2.75) is 51.6 Å². The van der Waals surface area contributed by atoms with Crippen molar-refractivity contribution in [1.82, 2.24) is 29.5 Å². The van der Waals surface area contributed by atoms with Crippen LogP contribution in [0.1, 0.15) is 36.9 Å². The minimum Gasteiger partial charge on any atom is -0.342 e. The molecule has 2 aliphatic heterocycles. The third-order valence-electron chi connectivity index (χ3n) is 6.29. The molecule has 9 nitrogen and oxygen atoms in total. The predicted octanol–water partition coefficient (Wildman–Crippen LogP) is 0.680. The van der Waals surface area contributed by atoms with Gasteiger partial charge in [-0.1, -0.05) is 0 Å². The quantitative estimate of drug-likeness (QED) is 0.743. The molecule has 0 saturated carbocycles. The average molecular weight is 400 g/mol. The van der Waals surface area contributed by atoms with Crippen LogP contribution < -0.4 is 5.56 Å². The number of fused-ring (bicyclic) bond motifs is 1. The van der Waals surface area contributed by atoms with Gasteiger partial charge in [0.15, 0.2) is 0 Å². The zero-order chi connectivity index (χ0) is 20.4. The number of nitrogens with one attached hydrogen (secondary N) is 2. The summed E-state index contributed by atoms with van der Waals surface area (Å²) in [6.07, 6.45) is 8.68. The van der Waals surface area contributed by atoms with Crippen molar-refractivity contribution in [2.75, 3.05) is 19.6 Å². The van der Waals surface area contributed by atoms with Crippen LogP contribution >= 0.6 is 0 Å². The second-order valence-corrected chi connectivity index (χ2v) is 8.10. The minimum absolute atomic E-state index is 0.0137. The number of aromatic amines is 2. The van der Waals surface area contributed by atoms with Gasteiger partial charge in [0.2, 0.25) is 11.8 Å². The Labute approximate surface area is 169 Å². The highest BCUT2D eigenvalue weighted by molar-refractivity contribution is 5.80. The molecule has 4 heterocycles. The number of carbonyl (C=O) groups is 2. The largest absolute Gasteiger partial charge is 0.342 e. The van der Waals surface area contributed by atoms with E-state index in [4.69, 9.17) is 0 Å². The topological polar surface area (TPSA) is 107 Å². The molecule has 0 spiro atoms. The Kier molecular flexibility index (Phi) is 5.55. The van der Waals surface area contributed by atoms with Crippen LogP contribution in [0.25, 0.3) is 0 Å². The van der Waals surface area contributed by atoms with E-state index in [-0.39, 0.29) is 29.8 Å². The van der Waals surface area contributed by atoms with E-state index in [1.165, 1.54) is 0 Å². The Balaban J connectivity index is 1.35. The molecule has 29 heavy (non-hydrogen) atoms. The fourth-order valence-electron chi connectivity index (χ4n) is 4.66. The van der Waals surface area contributed by atoms with Gasteiger partial charge in [0.25, 0.3) is 5.56 Å². The maximum absolute atomic E-state index is 12.8. The van der Waals surface area contributed by atoms with E-state index in [1.54, 1.807) is 19.4 Å². The number of amides is 2. The number of aromatic nitrogens is 4. The van der Waals surface area contributed by atoms with Gasteiger partial charge in [-0.05, 0) is 32.1 Å². The van der Waals surface area contributed by atoms with Gasteiger partial charge in [0, 0.05) is 62.3 Å². The molecular weight excluding hydrogens is 372 g/mol. The van der Waals surface area contributed by atoms with Gasteiger partial charge in [-0.15, -0.1) is 0 Å². The molecule has 0 aromatic carbocycles. The van der Waals surface area contributed by atoms with Gasteiger partial charge in [-0.2, -0.15) is 0 Å². The van der Waals surface area contributed by atoms with Crippen LogP contribution in [0.5, 0.6) is 0 Å². The van der Waals surface area contributed by atoms with Gasteiger partial charge >= 0.3 is 0 Å². The Bertz CT molecular complexity index is 915. The Morgan fingerprint density at radius 3 is 2.83 bits per heavy atom. The number of likely N-dealkylation sites (tertiary alicyclic amines) is 2. The molecule has 0 bridgehead atoms. The van der Waals surface area contributed by atoms with Gasteiger partial charge in [0.1, 0.15) is 0 Å². The second-order valence-electron chi connectivity index (χ2n) is 8.10. The third kappa shape index (κ3) is 4.13. The Hall–Kier alpha value is -2.84. The lowest BCUT2D eigenvalue weighted by atomic mass is 9.83. The van der Waals surface area contributed by atoms with Crippen molar-refractivity contribution >= 4 is 11.8 Å². The van der Waals surface area contributed by atoms with Crippen LogP contribution in [-0.2, 0) is 22.6 Å². The van der Waals surface area contributed by atoms with Crippen LogP contribution in [0.2, 0.25) is 0 Å². The third-order valence-corrected chi connectivity index (χ3v) is 6.29. The molecule has 9 heteroatoms. The van der Waals surface area contributed by atoms with Gasteiger partial charge in [0.05, 0.1) is 12.7 Å². The average Bonchev–Trinajstić information content (AvgIpc) is 3.34. The van der Waals surface area contributed by atoms with Crippen molar-refractivity contribution in [2.24, 2.45) is 5.92 Å². The van der Waals surface area contributed by atoms with Crippen molar-refractivity contribution in [3.05, 3.63) is 40.3 Å². The molecule has 2 saturated heterocycles. The first-order chi connectivity index (χ1) is 14.0. The zero-order valence-corrected chi connectivity index (χ0v) is 16.8. The van der Waals surface area contributed by atoms with E-state index in [0.29, 0.717) is 36.7 Å². The number of H-pyrrole nitrogens is 2. The van der Waals surface area contributed by atoms with Crippen LogP contribution in [0.3, 0.4) is 0 Å². The second kappa shape index (κ2) is 8.26. The summed E-state index contributed by atoms with van der Waals surface area (Å²) in [7, 11) is 0. The number of hydrogen-bond donors (Lipinski definition) is 2. The standard InChI is InChI=1S/C20H28N6O3/c1-14-16(20(29)23-22-14)11-19(28)25-9-5-17-15(12-25)3-4-18(27)26(17)8-2-7-24-10-6-21-13-24/h6,10,13,15,17H,2-5,7-9,11-12H2,1H3,(H2,22,23,29)/t15-,17+/m0/s1. The molecule has 2 aromatic rings. The predicted molar refractivity (Wildman–Crippen MR) is 106 cm³/mol. The first-order valence-corrected chi connectivity index (χ1v) is 10.3. The fourth-order valence-corrected chi connectivity index (χ4v) is 4.66. The molecule has 0 unspecified atom stereocenters. The summed E-state index contributed by atoms with van der Waals surface area (Å²) in [6, 6.07) is 0.209. The summed E-state index contributed by atoms with van der Waals surface area (Å²) < 4.78 is 2.03. The van der Waals surface area contributed by atoms with Crippen molar-refractivity contribution < 1.29 is 9.59 Å². The molecule has 0 radical (unpaired) electrons. The summed E-state index contributed by atoms with van der Waals surface area (Å²) in [6.45, 7) is 4.67. The monoisotopic (exact) mass is 400 g/mol. The Morgan fingerprint density at radius 2 is 2.10 bits per heavy atom. The summed E-state index contributed by atoms with van der Waals surface area (Å²) in [4.78, 5) is 45.1. The number of carbonyl (C=O) groups excluding carboxylic acids is 2. The molecule has 2 amide bonds. The van der Waals surface area contributed by atoms with E-state index >= 15 is 0 Å². The molecular formula is C20H28N6O3. The minimum atomic E-state index is -0.224. The molecule has 4 rings (SSSR count). The number of piperidine rings is 2. The number of nitrogens with zero attached hydrogens (tertiary/aromatic N) is 4.